The normalized spacial score (nSPS) is 11.2. The quantitative estimate of drug-likeness (QED) is 0.703. The number of nitrogens with zero attached hydrogens (tertiary/aromatic N) is 1. The van der Waals surface area contributed by atoms with Crippen molar-refractivity contribution < 1.29 is 15.0 Å². The molecule has 5 heteroatoms. The summed E-state index contributed by atoms with van der Waals surface area (Å²) in [5.74, 6) is -0.996. The highest BCUT2D eigenvalue weighted by molar-refractivity contribution is 5.93. The number of aliphatic hydroxyl groups is 1. The summed E-state index contributed by atoms with van der Waals surface area (Å²) < 4.78 is 0. The molecule has 1 aromatic heterocycles. The zero-order valence-electron chi connectivity index (χ0n) is 9.40. The van der Waals surface area contributed by atoms with Crippen LogP contribution in [0.25, 0.3) is 0 Å². The first-order valence-electron chi connectivity index (χ1n) is 5.02. The predicted octanol–water partition coefficient (Wildman–Crippen LogP) is 1.35. The molecule has 16 heavy (non-hydrogen) atoms. The fourth-order valence-electron chi connectivity index (χ4n) is 1.39. The highest BCUT2D eigenvalue weighted by Gasteiger charge is 2.19. The molecule has 88 valence electrons. The average molecular weight is 224 g/mol. The lowest BCUT2D eigenvalue weighted by Gasteiger charge is -2.27. The standard InChI is InChI=1S/C11H16N2O3/c1-11(2,4-6-14)13-9-7-12-5-3-8(9)10(15)16/h3,5,7,13-14H,4,6H2,1-2H3,(H,15,16). The first-order valence-corrected chi connectivity index (χ1v) is 5.02. The number of carboxylic acids is 1. The van der Waals surface area contributed by atoms with Gasteiger partial charge in [-0.05, 0) is 26.3 Å². The molecule has 0 amide bonds. The minimum absolute atomic E-state index is 0.0443. The Hall–Kier alpha value is -1.62. The summed E-state index contributed by atoms with van der Waals surface area (Å²) in [6.45, 7) is 3.83. The third-order valence-electron chi connectivity index (χ3n) is 2.26. The largest absolute Gasteiger partial charge is 0.478 e. The molecule has 0 bridgehead atoms. The van der Waals surface area contributed by atoms with Crippen LogP contribution in [0.1, 0.15) is 30.6 Å². The smallest absolute Gasteiger partial charge is 0.337 e. The van der Waals surface area contributed by atoms with E-state index in [4.69, 9.17) is 10.2 Å². The molecule has 3 N–H and O–H groups in total. The molecule has 0 spiro atoms. The number of hydrogen-bond acceptors (Lipinski definition) is 4. The molecular weight excluding hydrogens is 208 g/mol. The van der Waals surface area contributed by atoms with Crippen molar-refractivity contribution in [3.63, 3.8) is 0 Å². The summed E-state index contributed by atoms with van der Waals surface area (Å²) in [7, 11) is 0. The topological polar surface area (TPSA) is 82.5 Å². The Morgan fingerprint density at radius 2 is 2.25 bits per heavy atom. The molecule has 0 aliphatic heterocycles. The Bertz CT molecular complexity index is 377. The highest BCUT2D eigenvalue weighted by Crippen LogP contribution is 2.20. The minimum Gasteiger partial charge on any atom is -0.478 e. The van der Waals surface area contributed by atoms with E-state index in [1.54, 1.807) is 0 Å². The van der Waals surface area contributed by atoms with Gasteiger partial charge >= 0.3 is 5.97 Å². The van der Waals surface area contributed by atoms with E-state index in [0.717, 1.165) is 0 Å². The molecule has 0 unspecified atom stereocenters. The SMILES string of the molecule is CC(C)(CCO)Nc1cnccc1C(=O)O. The number of aromatic carboxylic acids is 1. The number of hydrogen-bond donors (Lipinski definition) is 3. The maximum Gasteiger partial charge on any atom is 0.337 e. The van der Waals surface area contributed by atoms with E-state index in [1.165, 1.54) is 18.5 Å². The number of anilines is 1. The van der Waals surface area contributed by atoms with Crippen LogP contribution in [0, 0.1) is 0 Å². The second-order valence-electron chi connectivity index (χ2n) is 4.21. The van der Waals surface area contributed by atoms with Gasteiger partial charge in [0, 0.05) is 18.3 Å². The number of carboxylic acid groups (broad SMARTS) is 1. The highest BCUT2D eigenvalue weighted by atomic mass is 16.4. The monoisotopic (exact) mass is 224 g/mol. The van der Waals surface area contributed by atoms with Crippen LogP contribution in [0.15, 0.2) is 18.5 Å². The Balaban J connectivity index is 2.92. The molecule has 0 aliphatic rings. The van der Waals surface area contributed by atoms with Crippen LogP contribution < -0.4 is 5.32 Å². The molecule has 0 aromatic carbocycles. The van der Waals surface area contributed by atoms with Crippen LogP contribution in [-0.2, 0) is 0 Å². The fraction of sp³-hybridized carbons (Fsp3) is 0.455. The summed E-state index contributed by atoms with van der Waals surface area (Å²) in [4.78, 5) is 14.8. The van der Waals surface area contributed by atoms with Gasteiger partial charge in [-0.3, -0.25) is 4.98 Å². The van der Waals surface area contributed by atoms with E-state index >= 15 is 0 Å². The molecule has 0 fully saturated rings. The number of aliphatic hydroxyl groups excluding tert-OH is 1. The van der Waals surface area contributed by atoms with Gasteiger partial charge in [0.15, 0.2) is 0 Å². The first kappa shape index (κ1) is 12.4. The van der Waals surface area contributed by atoms with Crippen LogP contribution in [-0.4, -0.2) is 33.3 Å². The van der Waals surface area contributed by atoms with Gasteiger partial charge in [0.1, 0.15) is 0 Å². The van der Waals surface area contributed by atoms with Gasteiger partial charge < -0.3 is 15.5 Å². The molecule has 0 saturated carbocycles. The second kappa shape index (κ2) is 4.94. The fourth-order valence-corrected chi connectivity index (χ4v) is 1.39. The third-order valence-corrected chi connectivity index (χ3v) is 2.26. The van der Waals surface area contributed by atoms with E-state index < -0.39 is 5.97 Å². The lowest BCUT2D eigenvalue weighted by Crippen LogP contribution is -2.32. The number of rotatable bonds is 5. The van der Waals surface area contributed by atoms with Crippen molar-refractivity contribution in [1.29, 1.82) is 0 Å². The maximum absolute atomic E-state index is 10.9. The zero-order valence-corrected chi connectivity index (χ0v) is 9.40. The van der Waals surface area contributed by atoms with Gasteiger partial charge in [-0.25, -0.2) is 4.79 Å². The molecule has 0 atom stereocenters. The van der Waals surface area contributed by atoms with Crippen LogP contribution in [0.3, 0.4) is 0 Å². The van der Waals surface area contributed by atoms with Crippen molar-refractivity contribution in [2.75, 3.05) is 11.9 Å². The summed E-state index contributed by atoms with van der Waals surface area (Å²) in [5.41, 5.74) is 0.275. The molecule has 1 rings (SSSR count). The third kappa shape index (κ3) is 3.20. The molecular formula is C11H16N2O3. The van der Waals surface area contributed by atoms with Gasteiger partial charge in [-0.15, -0.1) is 0 Å². The molecule has 1 aromatic rings. The summed E-state index contributed by atoms with van der Waals surface area (Å²) in [5, 5.41) is 20.9. The van der Waals surface area contributed by atoms with Crippen molar-refractivity contribution in [2.45, 2.75) is 25.8 Å². The summed E-state index contributed by atoms with van der Waals surface area (Å²) in [6.07, 6.45) is 3.44. The van der Waals surface area contributed by atoms with Gasteiger partial charge in [0.25, 0.3) is 0 Å². The summed E-state index contributed by atoms with van der Waals surface area (Å²) in [6, 6.07) is 1.44. The number of aromatic nitrogens is 1. The van der Waals surface area contributed by atoms with Gasteiger partial charge in [-0.2, -0.15) is 0 Å². The Morgan fingerprint density at radius 1 is 1.56 bits per heavy atom. The zero-order chi connectivity index (χ0) is 12.2. The number of pyridine rings is 1. The lowest BCUT2D eigenvalue weighted by molar-refractivity contribution is 0.0697. The molecule has 0 aliphatic carbocycles. The summed E-state index contributed by atoms with van der Waals surface area (Å²) >= 11 is 0. The molecule has 5 nitrogen and oxygen atoms in total. The van der Waals surface area contributed by atoms with Crippen LogP contribution >= 0.6 is 0 Å². The van der Waals surface area contributed by atoms with E-state index in [-0.39, 0.29) is 17.7 Å². The van der Waals surface area contributed by atoms with Gasteiger partial charge in [0.2, 0.25) is 0 Å². The van der Waals surface area contributed by atoms with Crippen molar-refractivity contribution in [1.82, 2.24) is 4.98 Å². The Morgan fingerprint density at radius 3 is 2.81 bits per heavy atom. The lowest BCUT2D eigenvalue weighted by atomic mass is 10.0. The van der Waals surface area contributed by atoms with Gasteiger partial charge in [-0.1, -0.05) is 0 Å². The van der Waals surface area contributed by atoms with Crippen LogP contribution in [0.4, 0.5) is 5.69 Å². The van der Waals surface area contributed by atoms with Gasteiger partial charge in [0.05, 0.1) is 17.4 Å². The Labute approximate surface area is 94.1 Å². The maximum atomic E-state index is 10.9. The first-order chi connectivity index (χ1) is 7.46. The predicted molar refractivity (Wildman–Crippen MR) is 60.6 cm³/mol. The number of carbonyl (C=O) groups is 1. The van der Waals surface area contributed by atoms with Crippen molar-refractivity contribution >= 4 is 11.7 Å². The van der Waals surface area contributed by atoms with Crippen LogP contribution in [0.5, 0.6) is 0 Å². The Kier molecular flexibility index (Phi) is 3.84. The van der Waals surface area contributed by atoms with Crippen molar-refractivity contribution in [2.24, 2.45) is 0 Å². The van der Waals surface area contributed by atoms with E-state index in [2.05, 4.69) is 10.3 Å². The van der Waals surface area contributed by atoms with Crippen molar-refractivity contribution in [3.8, 4) is 0 Å². The minimum atomic E-state index is -0.996. The molecule has 1 heterocycles. The molecule has 0 radical (unpaired) electrons. The van der Waals surface area contributed by atoms with Crippen LogP contribution in [0.2, 0.25) is 0 Å². The van der Waals surface area contributed by atoms with E-state index in [9.17, 15) is 4.79 Å². The van der Waals surface area contributed by atoms with Crippen molar-refractivity contribution in [3.05, 3.63) is 24.0 Å². The van der Waals surface area contributed by atoms with E-state index in [1.807, 2.05) is 13.8 Å². The molecule has 0 saturated heterocycles. The number of nitrogens with one attached hydrogen (secondary N) is 1. The van der Waals surface area contributed by atoms with E-state index in [0.29, 0.717) is 12.1 Å². The average Bonchev–Trinajstić information content (AvgIpc) is 2.17. The second-order valence-corrected chi connectivity index (χ2v) is 4.21.